The standard InChI is InChI=1S/C17H38NO5P.C3H8O3/c1-4-5-6-7-8-9-10-11-12-13-14-18(2,3)15-17(19)16-23-24(20,21)22;4-1-3(6)2-5/h17,19H,4-16H2,1-3H3,(H-,20,21,22);3-6H,1-2H2/p+1. The summed E-state index contributed by atoms with van der Waals surface area (Å²) in [5.41, 5.74) is 0. The Kier molecular flexibility index (Phi) is 20.9. The third-order valence-electron chi connectivity index (χ3n) is 4.68. The molecule has 0 amide bonds. The molecule has 1 atom stereocenters. The second kappa shape index (κ2) is 19.6. The summed E-state index contributed by atoms with van der Waals surface area (Å²) in [6.07, 6.45) is 11.1. The van der Waals surface area contributed by atoms with Crippen molar-refractivity contribution in [3.8, 4) is 0 Å². The summed E-state index contributed by atoms with van der Waals surface area (Å²) >= 11 is 0. The van der Waals surface area contributed by atoms with Gasteiger partial charge in [-0.05, 0) is 12.8 Å². The van der Waals surface area contributed by atoms with Crippen LogP contribution in [0.5, 0.6) is 0 Å². The van der Waals surface area contributed by atoms with Crippen LogP contribution in [0.2, 0.25) is 0 Å². The van der Waals surface area contributed by atoms with Crippen molar-refractivity contribution in [2.45, 2.75) is 83.3 Å². The Morgan fingerprint density at radius 2 is 1.23 bits per heavy atom. The number of aliphatic hydroxyl groups is 4. The lowest BCUT2D eigenvalue weighted by Crippen LogP contribution is -2.47. The van der Waals surface area contributed by atoms with Crippen LogP contribution in [0.25, 0.3) is 0 Å². The zero-order valence-electron chi connectivity index (χ0n) is 19.2. The molecule has 10 heteroatoms. The first-order chi connectivity index (χ1) is 14.0. The van der Waals surface area contributed by atoms with Crippen molar-refractivity contribution in [2.75, 3.05) is 47.0 Å². The van der Waals surface area contributed by atoms with Gasteiger partial charge in [-0.15, -0.1) is 0 Å². The predicted molar refractivity (Wildman–Crippen MR) is 118 cm³/mol. The quantitative estimate of drug-likeness (QED) is 0.103. The summed E-state index contributed by atoms with van der Waals surface area (Å²) in [5.74, 6) is 0. The molecule has 0 fully saturated rings. The average Bonchev–Trinajstić information content (AvgIpc) is 2.66. The predicted octanol–water partition coefficient (Wildman–Crippen LogP) is 1.79. The van der Waals surface area contributed by atoms with Crippen LogP contribution in [-0.2, 0) is 9.09 Å². The summed E-state index contributed by atoms with van der Waals surface area (Å²) in [4.78, 5) is 17.3. The molecule has 0 aliphatic heterocycles. The number of quaternary nitrogens is 1. The van der Waals surface area contributed by atoms with Gasteiger partial charge in [-0.1, -0.05) is 58.3 Å². The van der Waals surface area contributed by atoms with Gasteiger partial charge in [-0.3, -0.25) is 4.52 Å². The third-order valence-corrected chi connectivity index (χ3v) is 5.16. The number of aliphatic hydroxyl groups excluding tert-OH is 4. The van der Waals surface area contributed by atoms with Crippen LogP contribution in [-0.4, -0.2) is 93.9 Å². The van der Waals surface area contributed by atoms with Crippen molar-refractivity contribution in [1.82, 2.24) is 0 Å². The SMILES string of the molecule is CCCCCCCCCCCC[N+](C)(C)CC(O)COP(=O)(O)O.OCC(O)CO. The highest BCUT2D eigenvalue weighted by molar-refractivity contribution is 7.46. The van der Waals surface area contributed by atoms with Gasteiger partial charge in [0.2, 0.25) is 0 Å². The molecule has 9 nitrogen and oxygen atoms in total. The van der Waals surface area contributed by atoms with Crippen molar-refractivity contribution in [2.24, 2.45) is 0 Å². The Morgan fingerprint density at radius 1 is 0.800 bits per heavy atom. The monoisotopic (exact) mass is 460 g/mol. The molecule has 0 spiro atoms. The maximum Gasteiger partial charge on any atom is 0.469 e. The highest BCUT2D eigenvalue weighted by Gasteiger charge is 2.23. The van der Waals surface area contributed by atoms with Crippen LogP contribution in [0, 0.1) is 0 Å². The second-order valence-electron chi connectivity index (χ2n) is 8.48. The fraction of sp³-hybridized carbons (Fsp3) is 1.00. The van der Waals surface area contributed by atoms with Crippen LogP contribution in [0.3, 0.4) is 0 Å². The van der Waals surface area contributed by atoms with E-state index in [-0.39, 0.29) is 19.8 Å². The number of phosphoric acid groups is 1. The molecule has 0 rings (SSSR count). The second-order valence-corrected chi connectivity index (χ2v) is 9.72. The van der Waals surface area contributed by atoms with Crippen molar-refractivity contribution >= 4 is 7.82 Å². The normalized spacial score (nSPS) is 13.3. The molecule has 0 saturated carbocycles. The van der Waals surface area contributed by atoms with E-state index in [0.29, 0.717) is 11.0 Å². The highest BCUT2D eigenvalue weighted by Crippen LogP contribution is 2.35. The van der Waals surface area contributed by atoms with Gasteiger partial charge in [0.05, 0.1) is 40.5 Å². The Balaban J connectivity index is 0. The minimum atomic E-state index is -4.50. The molecule has 1 unspecified atom stereocenters. The molecule has 0 radical (unpaired) electrons. The maximum absolute atomic E-state index is 10.6. The van der Waals surface area contributed by atoms with Crippen LogP contribution < -0.4 is 0 Å². The Hall–Kier alpha value is -0.0900. The van der Waals surface area contributed by atoms with Gasteiger partial charge < -0.3 is 34.7 Å². The first-order valence-electron chi connectivity index (χ1n) is 11.1. The minimum absolute atomic E-state index is 0.329. The molecule has 0 aromatic rings. The number of nitrogens with zero attached hydrogens (tertiary/aromatic N) is 1. The van der Waals surface area contributed by atoms with Crippen molar-refractivity contribution in [3.05, 3.63) is 0 Å². The van der Waals surface area contributed by atoms with Gasteiger partial charge >= 0.3 is 7.82 Å². The molecule has 0 heterocycles. The van der Waals surface area contributed by atoms with Crippen molar-refractivity contribution in [3.63, 3.8) is 0 Å². The summed E-state index contributed by atoms with van der Waals surface area (Å²) < 4.78 is 15.6. The van der Waals surface area contributed by atoms with E-state index in [1.54, 1.807) is 0 Å². The van der Waals surface area contributed by atoms with E-state index in [9.17, 15) is 9.67 Å². The average molecular weight is 461 g/mol. The lowest BCUT2D eigenvalue weighted by atomic mass is 10.1. The zero-order chi connectivity index (χ0) is 23.5. The first-order valence-corrected chi connectivity index (χ1v) is 12.6. The summed E-state index contributed by atoms with van der Waals surface area (Å²) in [6, 6.07) is 0. The molecule has 0 aliphatic rings. The van der Waals surface area contributed by atoms with E-state index in [1.165, 1.54) is 57.8 Å². The van der Waals surface area contributed by atoms with Crippen molar-refractivity contribution < 1.29 is 43.8 Å². The minimum Gasteiger partial charge on any atom is -0.394 e. The largest absolute Gasteiger partial charge is 0.469 e. The van der Waals surface area contributed by atoms with Crippen LogP contribution in [0.15, 0.2) is 0 Å². The molecule has 184 valence electrons. The van der Waals surface area contributed by atoms with Gasteiger partial charge in [0, 0.05) is 0 Å². The van der Waals surface area contributed by atoms with Crippen LogP contribution in [0.4, 0.5) is 0 Å². The van der Waals surface area contributed by atoms with Crippen LogP contribution in [0.1, 0.15) is 71.1 Å². The van der Waals surface area contributed by atoms with E-state index in [0.717, 1.165) is 13.0 Å². The number of phosphoric ester groups is 1. The van der Waals surface area contributed by atoms with E-state index in [2.05, 4.69) is 11.4 Å². The molecule has 0 bridgehead atoms. The molecule has 6 N–H and O–H groups in total. The van der Waals surface area contributed by atoms with Gasteiger partial charge in [0.15, 0.2) is 0 Å². The van der Waals surface area contributed by atoms with Crippen LogP contribution >= 0.6 is 7.82 Å². The van der Waals surface area contributed by atoms with E-state index in [4.69, 9.17) is 25.1 Å². The smallest absolute Gasteiger partial charge is 0.394 e. The molecule has 0 aliphatic carbocycles. The lowest BCUT2D eigenvalue weighted by Gasteiger charge is -2.31. The summed E-state index contributed by atoms with van der Waals surface area (Å²) in [7, 11) is -0.454. The Morgan fingerprint density at radius 3 is 1.60 bits per heavy atom. The Bertz CT molecular complexity index is 416. The van der Waals surface area contributed by atoms with E-state index >= 15 is 0 Å². The number of rotatable bonds is 18. The summed E-state index contributed by atoms with van der Waals surface area (Å²) in [6.45, 7) is 2.56. The third kappa shape index (κ3) is 25.9. The topological polar surface area (TPSA) is 148 Å². The van der Waals surface area contributed by atoms with Gasteiger partial charge in [-0.25, -0.2) is 4.57 Å². The number of hydrogen-bond acceptors (Lipinski definition) is 6. The highest BCUT2D eigenvalue weighted by atomic mass is 31.2. The zero-order valence-corrected chi connectivity index (χ0v) is 20.0. The molecule has 30 heavy (non-hydrogen) atoms. The molecular formula is C20H47NO8P+. The van der Waals surface area contributed by atoms with Gasteiger partial charge in [0.25, 0.3) is 0 Å². The molecule has 0 aromatic carbocycles. The number of unbranched alkanes of at least 4 members (excludes halogenated alkanes) is 9. The summed E-state index contributed by atoms with van der Waals surface area (Å²) in [5, 5.41) is 33.8. The molecule has 0 saturated heterocycles. The lowest BCUT2D eigenvalue weighted by molar-refractivity contribution is -0.893. The fourth-order valence-electron chi connectivity index (χ4n) is 2.98. The number of hydrogen-bond donors (Lipinski definition) is 6. The van der Waals surface area contributed by atoms with E-state index < -0.39 is 20.0 Å². The molecular weight excluding hydrogens is 413 g/mol. The Labute approximate surface area is 182 Å². The first kappa shape index (κ1) is 32.1. The van der Waals surface area contributed by atoms with Crippen molar-refractivity contribution in [1.29, 1.82) is 0 Å². The number of likely N-dealkylation sites (N-methyl/N-ethyl adjacent to an activating group) is 1. The van der Waals surface area contributed by atoms with Gasteiger partial charge in [-0.2, -0.15) is 0 Å². The fourth-order valence-corrected chi connectivity index (χ4v) is 3.35. The molecule has 0 aromatic heterocycles. The van der Waals surface area contributed by atoms with Gasteiger partial charge in [0.1, 0.15) is 18.8 Å². The van der Waals surface area contributed by atoms with E-state index in [1.807, 2.05) is 14.1 Å². The maximum atomic E-state index is 10.6.